The molecule has 1 N–H and O–H groups in total. The number of sulfonamides is 1. The van der Waals surface area contributed by atoms with E-state index in [2.05, 4.69) is 19.2 Å². The first-order valence-corrected chi connectivity index (χ1v) is 9.79. The number of rotatable bonds is 6. The molecule has 1 saturated heterocycles. The molecule has 128 valence electrons. The van der Waals surface area contributed by atoms with Crippen molar-refractivity contribution in [3.8, 4) is 0 Å². The monoisotopic (exact) mass is 338 g/mol. The zero-order valence-corrected chi connectivity index (χ0v) is 14.7. The van der Waals surface area contributed by atoms with E-state index in [1.54, 1.807) is 0 Å². The van der Waals surface area contributed by atoms with Crippen molar-refractivity contribution >= 4 is 15.9 Å². The molecule has 1 aromatic rings. The minimum atomic E-state index is -3.31. The maximum absolute atomic E-state index is 12.5. The van der Waals surface area contributed by atoms with Gasteiger partial charge in [0.15, 0.2) is 0 Å². The summed E-state index contributed by atoms with van der Waals surface area (Å²) in [6, 6.07) is 9.21. The molecular formula is C17H26N2O3S. The van der Waals surface area contributed by atoms with E-state index in [9.17, 15) is 13.2 Å². The Balaban J connectivity index is 1.87. The molecule has 0 radical (unpaired) electrons. The summed E-state index contributed by atoms with van der Waals surface area (Å²) in [6.07, 6.45) is 1.19. The number of carbonyl (C=O) groups excluding carboxylic acids is 1. The predicted molar refractivity (Wildman–Crippen MR) is 91.2 cm³/mol. The van der Waals surface area contributed by atoms with Crippen LogP contribution in [0.25, 0.3) is 0 Å². The van der Waals surface area contributed by atoms with Gasteiger partial charge in [0.25, 0.3) is 0 Å². The van der Waals surface area contributed by atoms with Crippen LogP contribution in [0, 0.1) is 11.8 Å². The molecule has 1 aromatic carbocycles. The number of nitrogens with zero attached hydrogens (tertiary/aromatic N) is 1. The molecule has 1 amide bonds. The first-order valence-electron chi connectivity index (χ1n) is 8.18. The van der Waals surface area contributed by atoms with Crippen molar-refractivity contribution in [3.63, 3.8) is 0 Å². The lowest BCUT2D eigenvalue weighted by Crippen LogP contribution is -2.43. The van der Waals surface area contributed by atoms with Crippen LogP contribution in [-0.4, -0.2) is 38.3 Å². The molecule has 2 rings (SSSR count). The summed E-state index contributed by atoms with van der Waals surface area (Å²) < 4.78 is 26.5. The summed E-state index contributed by atoms with van der Waals surface area (Å²) in [4.78, 5) is 12.1. The second-order valence-electron chi connectivity index (χ2n) is 6.55. The molecule has 0 saturated carbocycles. The van der Waals surface area contributed by atoms with Gasteiger partial charge in [-0.05, 0) is 24.3 Å². The molecule has 1 fully saturated rings. The molecule has 1 aliphatic rings. The third-order valence-electron chi connectivity index (χ3n) is 4.09. The normalized spacial score (nSPS) is 17.3. The van der Waals surface area contributed by atoms with Gasteiger partial charge >= 0.3 is 0 Å². The Morgan fingerprint density at radius 2 is 1.83 bits per heavy atom. The number of carbonyl (C=O) groups is 1. The number of piperidine rings is 1. The topological polar surface area (TPSA) is 66.5 Å². The highest BCUT2D eigenvalue weighted by Crippen LogP contribution is 2.21. The standard InChI is InChI=1S/C17H26N2O3S/c1-14(2)12-18-17(20)16-8-10-19(11-9-16)23(21,22)13-15-6-4-3-5-7-15/h3-7,14,16H,8-13H2,1-2H3,(H,18,20). The van der Waals surface area contributed by atoms with Crippen LogP contribution >= 0.6 is 0 Å². The van der Waals surface area contributed by atoms with Crippen molar-refractivity contribution in [2.75, 3.05) is 19.6 Å². The first kappa shape index (κ1) is 17.9. The summed E-state index contributed by atoms with van der Waals surface area (Å²) in [5, 5.41) is 2.94. The fraction of sp³-hybridized carbons (Fsp3) is 0.588. The van der Waals surface area contributed by atoms with Gasteiger partial charge in [0.1, 0.15) is 0 Å². The van der Waals surface area contributed by atoms with Crippen molar-refractivity contribution < 1.29 is 13.2 Å². The molecular weight excluding hydrogens is 312 g/mol. The van der Waals surface area contributed by atoms with E-state index < -0.39 is 10.0 Å². The summed E-state index contributed by atoms with van der Waals surface area (Å²) in [6.45, 7) is 5.63. The smallest absolute Gasteiger partial charge is 0.223 e. The lowest BCUT2D eigenvalue weighted by molar-refractivity contribution is -0.126. The second kappa shape index (κ2) is 7.93. The summed E-state index contributed by atoms with van der Waals surface area (Å²) in [7, 11) is -3.31. The second-order valence-corrected chi connectivity index (χ2v) is 8.52. The maximum Gasteiger partial charge on any atom is 0.223 e. The van der Waals surface area contributed by atoms with Gasteiger partial charge in [-0.2, -0.15) is 0 Å². The van der Waals surface area contributed by atoms with Crippen molar-refractivity contribution in [1.29, 1.82) is 0 Å². The Labute approximate surface area is 139 Å². The van der Waals surface area contributed by atoms with E-state index >= 15 is 0 Å². The van der Waals surface area contributed by atoms with Crippen molar-refractivity contribution in [3.05, 3.63) is 35.9 Å². The zero-order chi connectivity index (χ0) is 16.9. The average molecular weight is 338 g/mol. The van der Waals surface area contributed by atoms with Crippen LogP contribution in [0.15, 0.2) is 30.3 Å². The van der Waals surface area contributed by atoms with Gasteiger partial charge in [0.05, 0.1) is 5.75 Å². The highest BCUT2D eigenvalue weighted by atomic mass is 32.2. The molecule has 0 aromatic heterocycles. The lowest BCUT2D eigenvalue weighted by atomic mass is 9.97. The largest absolute Gasteiger partial charge is 0.356 e. The minimum absolute atomic E-state index is 0.0258. The van der Waals surface area contributed by atoms with Gasteiger partial charge in [0.2, 0.25) is 15.9 Å². The predicted octanol–water partition coefficient (Wildman–Crippen LogP) is 2.00. The van der Waals surface area contributed by atoms with Gasteiger partial charge in [0, 0.05) is 25.6 Å². The highest BCUT2D eigenvalue weighted by Gasteiger charge is 2.31. The molecule has 23 heavy (non-hydrogen) atoms. The molecule has 1 aliphatic heterocycles. The number of hydrogen-bond donors (Lipinski definition) is 1. The number of hydrogen-bond acceptors (Lipinski definition) is 3. The quantitative estimate of drug-likeness (QED) is 0.863. The number of amides is 1. The lowest BCUT2D eigenvalue weighted by Gasteiger charge is -2.30. The first-order chi connectivity index (χ1) is 10.9. The molecule has 0 atom stereocenters. The van der Waals surface area contributed by atoms with Crippen LogP contribution in [0.2, 0.25) is 0 Å². The molecule has 0 unspecified atom stereocenters. The summed E-state index contributed by atoms with van der Waals surface area (Å²) >= 11 is 0. The van der Waals surface area contributed by atoms with E-state index in [0.717, 1.165) is 5.56 Å². The van der Waals surface area contributed by atoms with E-state index in [1.807, 2.05) is 30.3 Å². The van der Waals surface area contributed by atoms with Crippen LogP contribution in [0.4, 0.5) is 0 Å². The molecule has 0 spiro atoms. The minimum Gasteiger partial charge on any atom is -0.356 e. The van der Waals surface area contributed by atoms with Crippen LogP contribution in [0.3, 0.4) is 0 Å². The van der Waals surface area contributed by atoms with Crippen LogP contribution in [0.5, 0.6) is 0 Å². The van der Waals surface area contributed by atoms with Crippen molar-refractivity contribution in [2.24, 2.45) is 11.8 Å². The Morgan fingerprint density at radius 1 is 1.22 bits per heavy atom. The van der Waals surface area contributed by atoms with E-state index in [-0.39, 0.29) is 17.6 Å². The van der Waals surface area contributed by atoms with Crippen LogP contribution in [0.1, 0.15) is 32.3 Å². The number of benzene rings is 1. The van der Waals surface area contributed by atoms with E-state index in [0.29, 0.717) is 38.4 Å². The summed E-state index contributed by atoms with van der Waals surface area (Å²) in [5.41, 5.74) is 0.796. The Morgan fingerprint density at radius 3 is 2.39 bits per heavy atom. The van der Waals surface area contributed by atoms with E-state index in [1.165, 1.54) is 4.31 Å². The molecule has 6 heteroatoms. The third kappa shape index (κ3) is 5.32. The van der Waals surface area contributed by atoms with Gasteiger partial charge in [-0.15, -0.1) is 0 Å². The van der Waals surface area contributed by atoms with Crippen molar-refractivity contribution in [1.82, 2.24) is 9.62 Å². The fourth-order valence-electron chi connectivity index (χ4n) is 2.72. The molecule has 1 heterocycles. The molecule has 0 aliphatic carbocycles. The fourth-order valence-corrected chi connectivity index (χ4v) is 4.28. The zero-order valence-electron chi connectivity index (χ0n) is 13.9. The van der Waals surface area contributed by atoms with Gasteiger partial charge < -0.3 is 5.32 Å². The number of nitrogens with one attached hydrogen (secondary N) is 1. The third-order valence-corrected chi connectivity index (χ3v) is 5.94. The van der Waals surface area contributed by atoms with E-state index in [4.69, 9.17) is 0 Å². The van der Waals surface area contributed by atoms with Gasteiger partial charge in [-0.3, -0.25) is 4.79 Å². The average Bonchev–Trinajstić information content (AvgIpc) is 2.53. The van der Waals surface area contributed by atoms with Crippen LogP contribution in [-0.2, 0) is 20.6 Å². The van der Waals surface area contributed by atoms with Gasteiger partial charge in [-0.25, -0.2) is 12.7 Å². The van der Waals surface area contributed by atoms with Crippen molar-refractivity contribution in [2.45, 2.75) is 32.4 Å². The van der Waals surface area contributed by atoms with Gasteiger partial charge in [-0.1, -0.05) is 44.2 Å². The Hall–Kier alpha value is -1.40. The van der Waals surface area contributed by atoms with Crippen LogP contribution < -0.4 is 5.32 Å². The molecule has 0 bridgehead atoms. The highest BCUT2D eigenvalue weighted by molar-refractivity contribution is 7.88. The maximum atomic E-state index is 12.5. The summed E-state index contributed by atoms with van der Waals surface area (Å²) in [5.74, 6) is 0.430. The Bertz CT molecular complexity index is 606. The Kier molecular flexibility index (Phi) is 6.18. The molecule has 5 nitrogen and oxygen atoms in total. The SMILES string of the molecule is CC(C)CNC(=O)C1CCN(S(=O)(=O)Cc2ccccc2)CC1.